The van der Waals surface area contributed by atoms with Crippen molar-refractivity contribution in [3.63, 3.8) is 0 Å². The Labute approximate surface area is 162 Å². The smallest absolute Gasteiger partial charge is 0.259 e. The minimum Gasteiger partial charge on any atom is -0.394 e. The van der Waals surface area contributed by atoms with E-state index in [0.717, 1.165) is 11.8 Å². The molecule has 27 heavy (non-hydrogen) atoms. The molecule has 0 saturated carbocycles. The van der Waals surface area contributed by atoms with Gasteiger partial charge >= 0.3 is 0 Å². The molecule has 0 bridgehead atoms. The van der Waals surface area contributed by atoms with E-state index in [1.54, 1.807) is 25.4 Å². The van der Waals surface area contributed by atoms with Crippen molar-refractivity contribution in [2.75, 3.05) is 11.9 Å². The summed E-state index contributed by atoms with van der Waals surface area (Å²) in [5, 5.41) is 14.0. The van der Waals surface area contributed by atoms with E-state index < -0.39 is 0 Å². The van der Waals surface area contributed by atoms with Crippen LogP contribution in [0.3, 0.4) is 0 Å². The summed E-state index contributed by atoms with van der Waals surface area (Å²) < 4.78 is 1.50. The zero-order valence-electron chi connectivity index (χ0n) is 15.6. The number of rotatable bonds is 6. The molecule has 2 aromatic heterocycles. The van der Waals surface area contributed by atoms with Gasteiger partial charge < -0.3 is 10.4 Å². The van der Waals surface area contributed by atoms with Crippen molar-refractivity contribution in [2.24, 2.45) is 13.0 Å². The van der Waals surface area contributed by atoms with E-state index in [9.17, 15) is 9.90 Å². The first-order chi connectivity index (χ1) is 12.9. The quantitative estimate of drug-likeness (QED) is 0.678. The highest BCUT2D eigenvalue weighted by Gasteiger charge is 2.15. The third kappa shape index (κ3) is 4.12. The van der Waals surface area contributed by atoms with Crippen molar-refractivity contribution >= 4 is 28.6 Å². The fourth-order valence-electron chi connectivity index (χ4n) is 3.12. The number of nitrogens with one attached hydrogen (secondary N) is 1. The van der Waals surface area contributed by atoms with Crippen LogP contribution in [0.25, 0.3) is 22.2 Å². The molecule has 3 rings (SSSR count). The predicted molar refractivity (Wildman–Crippen MR) is 109 cm³/mol. The summed E-state index contributed by atoms with van der Waals surface area (Å²) in [5.74, 6) is 0.820. The zero-order chi connectivity index (χ0) is 19.6. The standard InChI is InChI=1S/C20H23ClN4O2/c1-12(2)8-14(11-26)23-20-22-10-13-9-16(15-6-4-5-7-17(15)21)19(27)25(3)18(13)24-20/h4-7,9-10,12,14,26H,8,11H2,1-3H3,(H,22,23,24)/t14-/m1/s1. The summed E-state index contributed by atoms with van der Waals surface area (Å²) in [5.41, 5.74) is 1.53. The van der Waals surface area contributed by atoms with Crippen molar-refractivity contribution in [1.82, 2.24) is 14.5 Å². The lowest BCUT2D eigenvalue weighted by Gasteiger charge is -2.18. The second-order valence-corrected chi connectivity index (χ2v) is 7.44. The Morgan fingerprint density at radius 3 is 2.67 bits per heavy atom. The van der Waals surface area contributed by atoms with E-state index in [1.807, 2.05) is 18.2 Å². The highest BCUT2D eigenvalue weighted by molar-refractivity contribution is 6.33. The number of benzene rings is 1. The zero-order valence-corrected chi connectivity index (χ0v) is 16.4. The maximum absolute atomic E-state index is 12.9. The van der Waals surface area contributed by atoms with Crippen LogP contribution in [0.1, 0.15) is 20.3 Å². The van der Waals surface area contributed by atoms with Crippen LogP contribution >= 0.6 is 11.6 Å². The Bertz CT molecular complexity index is 1020. The van der Waals surface area contributed by atoms with Gasteiger partial charge in [-0.1, -0.05) is 43.6 Å². The Balaban J connectivity index is 2.04. The highest BCUT2D eigenvalue weighted by atomic mass is 35.5. The number of aryl methyl sites for hydroxylation is 1. The molecule has 2 heterocycles. The van der Waals surface area contributed by atoms with E-state index in [-0.39, 0.29) is 18.2 Å². The normalized spacial score (nSPS) is 12.5. The van der Waals surface area contributed by atoms with Gasteiger partial charge in [0.2, 0.25) is 5.95 Å². The van der Waals surface area contributed by atoms with Crippen LogP contribution < -0.4 is 10.9 Å². The Morgan fingerprint density at radius 1 is 1.26 bits per heavy atom. The number of aromatic nitrogens is 3. The molecular formula is C20H23ClN4O2. The van der Waals surface area contributed by atoms with E-state index >= 15 is 0 Å². The highest BCUT2D eigenvalue weighted by Crippen LogP contribution is 2.27. The molecule has 0 radical (unpaired) electrons. The van der Waals surface area contributed by atoms with E-state index in [1.165, 1.54) is 4.57 Å². The van der Waals surface area contributed by atoms with Crippen LogP contribution in [-0.2, 0) is 7.05 Å². The lowest BCUT2D eigenvalue weighted by atomic mass is 10.0. The SMILES string of the molecule is CC(C)C[C@H](CO)Nc1ncc2cc(-c3ccccc3Cl)c(=O)n(C)c2n1. The minimum atomic E-state index is -0.180. The van der Waals surface area contributed by atoms with E-state index in [2.05, 4.69) is 29.1 Å². The first kappa shape index (κ1) is 19.3. The second-order valence-electron chi connectivity index (χ2n) is 7.03. The monoisotopic (exact) mass is 386 g/mol. The number of nitrogens with zero attached hydrogens (tertiary/aromatic N) is 3. The number of aliphatic hydroxyl groups excluding tert-OH is 1. The molecule has 142 valence electrons. The number of hydrogen-bond acceptors (Lipinski definition) is 5. The first-order valence-electron chi connectivity index (χ1n) is 8.89. The van der Waals surface area contributed by atoms with E-state index in [4.69, 9.17) is 11.6 Å². The van der Waals surface area contributed by atoms with Gasteiger partial charge in [-0.25, -0.2) is 4.98 Å². The number of halogens is 1. The average Bonchev–Trinajstić information content (AvgIpc) is 2.64. The van der Waals surface area contributed by atoms with Crippen LogP contribution in [0.2, 0.25) is 5.02 Å². The first-order valence-corrected chi connectivity index (χ1v) is 9.27. The topological polar surface area (TPSA) is 80.0 Å². The van der Waals surface area contributed by atoms with Gasteiger partial charge in [0.05, 0.1) is 12.6 Å². The van der Waals surface area contributed by atoms with Crippen molar-refractivity contribution in [3.8, 4) is 11.1 Å². The van der Waals surface area contributed by atoms with Gasteiger partial charge in [-0.05, 0) is 24.5 Å². The maximum Gasteiger partial charge on any atom is 0.259 e. The molecule has 0 fully saturated rings. The molecule has 1 aromatic carbocycles. The summed E-state index contributed by atoms with van der Waals surface area (Å²) in [6.45, 7) is 4.17. The molecule has 7 heteroatoms. The van der Waals surface area contributed by atoms with Crippen molar-refractivity contribution in [1.29, 1.82) is 0 Å². The summed E-state index contributed by atoms with van der Waals surface area (Å²) in [6, 6.07) is 8.88. The molecule has 0 spiro atoms. The molecule has 1 atom stereocenters. The number of pyridine rings is 1. The van der Waals surface area contributed by atoms with Crippen molar-refractivity contribution in [3.05, 3.63) is 51.9 Å². The average molecular weight is 387 g/mol. The summed E-state index contributed by atoms with van der Waals surface area (Å²) in [7, 11) is 1.68. The van der Waals surface area contributed by atoms with E-state index in [0.29, 0.717) is 33.7 Å². The van der Waals surface area contributed by atoms with Crippen LogP contribution in [0.4, 0.5) is 5.95 Å². The second kappa shape index (κ2) is 8.06. The molecule has 0 amide bonds. The minimum absolute atomic E-state index is 0.00997. The van der Waals surface area contributed by atoms with Gasteiger partial charge in [0.1, 0.15) is 5.65 Å². The molecule has 0 unspecified atom stereocenters. The summed E-state index contributed by atoms with van der Waals surface area (Å²) >= 11 is 6.26. The Morgan fingerprint density at radius 2 is 2.00 bits per heavy atom. The fourth-order valence-corrected chi connectivity index (χ4v) is 3.36. The predicted octanol–water partition coefficient (Wildman–Crippen LogP) is 3.47. The van der Waals surface area contributed by atoms with Crippen LogP contribution in [0.15, 0.2) is 41.3 Å². The van der Waals surface area contributed by atoms with Gasteiger partial charge in [-0.3, -0.25) is 9.36 Å². The summed E-state index contributed by atoms with van der Waals surface area (Å²) in [6.07, 6.45) is 2.47. The molecular weight excluding hydrogens is 364 g/mol. The largest absolute Gasteiger partial charge is 0.394 e. The Hall–Kier alpha value is -2.44. The lowest BCUT2D eigenvalue weighted by Crippen LogP contribution is -2.27. The lowest BCUT2D eigenvalue weighted by molar-refractivity contribution is 0.259. The van der Waals surface area contributed by atoms with Crippen LogP contribution in [0.5, 0.6) is 0 Å². The molecule has 2 N–H and O–H groups in total. The van der Waals surface area contributed by atoms with Gasteiger partial charge in [-0.15, -0.1) is 0 Å². The summed E-state index contributed by atoms with van der Waals surface area (Å²) in [4.78, 5) is 21.7. The Kier molecular flexibility index (Phi) is 5.77. The molecule has 0 aliphatic heterocycles. The van der Waals surface area contributed by atoms with Crippen molar-refractivity contribution < 1.29 is 5.11 Å². The molecule has 6 nitrogen and oxygen atoms in total. The number of fused-ring (bicyclic) bond motifs is 1. The third-order valence-corrected chi connectivity index (χ3v) is 4.75. The van der Waals surface area contributed by atoms with Gasteiger partial charge in [-0.2, -0.15) is 4.98 Å². The fraction of sp³-hybridized carbons (Fsp3) is 0.350. The van der Waals surface area contributed by atoms with Gasteiger partial charge in [0, 0.05) is 34.8 Å². The number of aliphatic hydroxyl groups is 1. The molecule has 0 saturated heterocycles. The number of hydrogen-bond donors (Lipinski definition) is 2. The third-order valence-electron chi connectivity index (χ3n) is 4.42. The molecule has 0 aliphatic carbocycles. The van der Waals surface area contributed by atoms with Crippen LogP contribution in [-0.4, -0.2) is 32.3 Å². The van der Waals surface area contributed by atoms with Gasteiger partial charge in [0.15, 0.2) is 0 Å². The molecule has 3 aromatic rings. The molecule has 0 aliphatic rings. The van der Waals surface area contributed by atoms with Crippen LogP contribution in [0, 0.1) is 5.92 Å². The maximum atomic E-state index is 12.9. The van der Waals surface area contributed by atoms with Gasteiger partial charge in [0.25, 0.3) is 5.56 Å². The number of anilines is 1. The van der Waals surface area contributed by atoms with Crippen molar-refractivity contribution in [2.45, 2.75) is 26.3 Å².